The van der Waals surface area contributed by atoms with Crippen molar-refractivity contribution in [1.29, 1.82) is 0 Å². The van der Waals surface area contributed by atoms with E-state index < -0.39 is 118 Å². The molecule has 11 rings (SSSR count). The molecule has 0 atom stereocenters. The average Bonchev–Trinajstić information content (AvgIpc) is 3.90. The molecule has 0 aliphatic carbocycles. The topological polar surface area (TPSA) is 48.5 Å². The van der Waals surface area contributed by atoms with Gasteiger partial charge in [0.2, 0.25) is 5.95 Å². The second-order valence-corrected chi connectivity index (χ2v) is 13.0. The minimum absolute atomic E-state index is 0.159. The summed E-state index contributed by atoms with van der Waals surface area (Å²) in [5, 5.41) is 3.34. The fraction of sp³-hybridized carbons (Fsp3) is 0. The number of rotatable bonds is 6. The van der Waals surface area contributed by atoms with Gasteiger partial charge in [-0.2, -0.15) is 9.97 Å². The van der Waals surface area contributed by atoms with E-state index in [1.807, 2.05) is 115 Å². The van der Waals surface area contributed by atoms with Crippen LogP contribution in [0.15, 0.2) is 200 Å². The molecule has 11 aromatic rings. The van der Waals surface area contributed by atoms with E-state index in [1.165, 1.54) is 0 Å². The molecule has 0 amide bonds. The van der Waals surface area contributed by atoms with Crippen LogP contribution in [-0.4, -0.2) is 24.1 Å². The molecule has 3 heterocycles. The van der Waals surface area contributed by atoms with Crippen LogP contribution in [0.25, 0.3) is 100 Å². The molecule has 8 aromatic carbocycles. The van der Waals surface area contributed by atoms with Crippen LogP contribution >= 0.6 is 0 Å². The van der Waals surface area contributed by atoms with Crippen molar-refractivity contribution in [2.45, 2.75) is 0 Å². The van der Waals surface area contributed by atoms with Gasteiger partial charge in [0.25, 0.3) is 0 Å². The Hall–Kier alpha value is -7.63. The van der Waals surface area contributed by atoms with Crippen molar-refractivity contribution in [3.8, 4) is 56.7 Å². The molecule has 5 heteroatoms. The average molecular weight is 730 g/mol. The summed E-state index contributed by atoms with van der Waals surface area (Å²) in [5.74, 6) is -1.06. The highest BCUT2D eigenvalue weighted by molar-refractivity contribution is 6.23. The first-order chi connectivity index (χ1) is 33.6. The van der Waals surface area contributed by atoms with Crippen LogP contribution in [0.2, 0.25) is 0 Å². The Balaban J connectivity index is 1.26. The SMILES string of the molecule is [2H]c1c([2H])c([2H])c(-c2nc(-c3c([2H])c([2H])c(-c4c([2H])c([2H])c([2H])c([2H])c4[2H])c([2H])c3[2H])nc(-n3c4ccccc4c4ccc5c6ccccc6n(-c6ccc(-c7ccccc7)cc6)c5c43)n2)c([2H])c1[2H]. The van der Waals surface area contributed by atoms with Crippen molar-refractivity contribution < 1.29 is 19.2 Å². The zero-order chi connectivity index (χ0) is 49.2. The van der Waals surface area contributed by atoms with E-state index in [0.717, 1.165) is 49.4 Å². The van der Waals surface area contributed by atoms with Crippen molar-refractivity contribution in [2.75, 3.05) is 0 Å². The van der Waals surface area contributed by atoms with E-state index in [0.29, 0.717) is 11.0 Å². The molecule has 0 fully saturated rings. The van der Waals surface area contributed by atoms with Crippen LogP contribution in [0.5, 0.6) is 0 Å². The van der Waals surface area contributed by atoms with Gasteiger partial charge in [-0.1, -0.05) is 176 Å². The van der Waals surface area contributed by atoms with Gasteiger partial charge < -0.3 is 4.57 Å². The fourth-order valence-corrected chi connectivity index (χ4v) is 7.38. The second-order valence-electron chi connectivity index (χ2n) is 13.0. The summed E-state index contributed by atoms with van der Waals surface area (Å²) < 4.78 is 126. The van der Waals surface area contributed by atoms with E-state index in [9.17, 15) is 5.48 Å². The highest BCUT2D eigenvalue weighted by atomic mass is 15.2. The zero-order valence-corrected chi connectivity index (χ0v) is 29.2. The van der Waals surface area contributed by atoms with Gasteiger partial charge >= 0.3 is 0 Å². The van der Waals surface area contributed by atoms with Gasteiger partial charge in [0.05, 0.1) is 41.3 Å². The van der Waals surface area contributed by atoms with Gasteiger partial charge in [0, 0.05) is 38.4 Å². The largest absolute Gasteiger partial charge is 0.307 e. The second kappa shape index (κ2) is 13.0. The van der Waals surface area contributed by atoms with Crippen LogP contribution in [0, 0.1) is 0 Å². The summed E-state index contributed by atoms with van der Waals surface area (Å²) in [6.07, 6.45) is 0. The molecule has 0 radical (unpaired) electrons. The van der Waals surface area contributed by atoms with Crippen LogP contribution < -0.4 is 0 Å². The Morgan fingerprint density at radius 2 is 0.804 bits per heavy atom. The smallest absolute Gasteiger partial charge is 0.238 e. The first-order valence-electron chi connectivity index (χ1n) is 24.7. The van der Waals surface area contributed by atoms with Gasteiger partial charge in [-0.3, -0.25) is 4.57 Å². The molecule has 5 nitrogen and oxygen atoms in total. The zero-order valence-electron chi connectivity index (χ0n) is 43.2. The molecule has 3 aromatic heterocycles. The van der Waals surface area contributed by atoms with Gasteiger partial charge in [-0.05, 0) is 46.5 Å². The van der Waals surface area contributed by atoms with Crippen molar-refractivity contribution in [2.24, 2.45) is 0 Å². The van der Waals surface area contributed by atoms with Gasteiger partial charge in [-0.15, -0.1) is 0 Å². The summed E-state index contributed by atoms with van der Waals surface area (Å²) in [7, 11) is 0. The summed E-state index contributed by atoms with van der Waals surface area (Å²) in [6, 6.07) is 27.7. The third-order valence-electron chi connectivity index (χ3n) is 9.85. The van der Waals surface area contributed by atoms with Crippen LogP contribution in [0.1, 0.15) is 19.2 Å². The van der Waals surface area contributed by atoms with E-state index >= 15 is 0 Å². The summed E-state index contributed by atoms with van der Waals surface area (Å²) in [5.41, 5.74) is 3.70. The number of hydrogen-bond donors (Lipinski definition) is 0. The lowest BCUT2D eigenvalue weighted by atomic mass is 10.0. The lowest BCUT2D eigenvalue weighted by Crippen LogP contribution is -2.07. The molecular formula is C51H33N5. The molecule has 0 unspecified atom stereocenters. The van der Waals surface area contributed by atoms with Gasteiger partial charge in [-0.25, -0.2) is 4.98 Å². The Kier molecular flexibility index (Phi) is 4.83. The van der Waals surface area contributed by atoms with Crippen molar-refractivity contribution >= 4 is 43.6 Å². The Morgan fingerprint density at radius 3 is 1.43 bits per heavy atom. The highest BCUT2D eigenvalue weighted by Crippen LogP contribution is 2.42. The molecule has 0 aliphatic rings. The normalized spacial score (nSPS) is 15.1. The third kappa shape index (κ3) is 5.21. The van der Waals surface area contributed by atoms with Crippen molar-refractivity contribution in [1.82, 2.24) is 24.1 Å². The predicted octanol–water partition coefficient (Wildman–Crippen LogP) is 12.7. The van der Waals surface area contributed by atoms with Gasteiger partial charge in [0.1, 0.15) is 0 Å². The predicted molar refractivity (Wildman–Crippen MR) is 230 cm³/mol. The molecule has 0 N–H and O–H groups in total. The molecule has 56 heavy (non-hydrogen) atoms. The van der Waals surface area contributed by atoms with E-state index in [4.69, 9.17) is 23.7 Å². The summed E-state index contributed by atoms with van der Waals surface area (Å²) in [4.78, 5) is 14.3. The molecular weight excluding hydrogens is 683 g/mol. The quantitative estimate of drug-likeness (QED) is 0.171. The maximum atomic E-state index is 9.36. The molecule has 0 saturated heterocycles. The lowest BCUT2D eigenvalue weighted by Gasteiger charge is -2.14. The van der Waals surface area contributed by atoms with E-state index in [-0.39, 0.29) is 5.95 Å². The van der Waals surface area contributed by atoms with Crippen LogP contribution in [0.4, 0.5) is 0 Å². The summed E-state index contributed by atoms with van der Waals surface area (Å²) in [6.45, 7) is 0. The minimum Gasteiger partial charge on any atom is -0.307 e. The Labute approximate surface area is 343 Å². The van der Waals surface area contributed by atoms with Crippen LogP contribution in [-0.2, 0) is 0 Å². The molecule has 0 spiro atoms. The minimum atomic E-state index is -0.762. The maximum absolute atomic E-state index is 9.36. The number of aromatic nitrogens is 5. The maximum Gasteiger partial charge on any atom is 0.238 e. The number of hydrogen-bond acceptors (Lipinski definition) is 3. The summed E-state index contributed by atoms with van der Waals surface area (Å²) >= 11 is 0. The molecule has 0 bridgehead atoms. The van der Waals surface area contributed by atoms with Crippen molar-refractivity contribution in [3.63, 3.8) is 0 Å². The first kappa shape index (κ1) is 20.7. The van der Waals surface area contributed by atoms with E-state index in [1.54, 1.807) is 4.57 Å². The first-order valence-corrected chi connectivity index (χ1v) is 17.7. The number of nitrogens with zero attached hydrogens (tertiary/aromatic N) is 5. The Bertz CT molecular complexity index is 3970. The third-order valence-corrected chi connectivity index (χ3v) is 9.85. The number of para-hydroxylation sites is 2. The molecule has 0 saturated carbocycles. The Morgan fingerprint density at radius 1 is 0.339 bits per heavy atom. The number of fused-ring (bicyclic) bond motifs is 7. The van der Waals surface area contributed by atoms with E-state index in [2.05, 4.69) is 9.55 Å². The monoisotopic (exact) mass is 729 g/mol. The lowest BCUT2D eigenvalue weighted by molar-refractivity contribution is 0.953. The standard InChI is InChI=1S/C51H33N5/c1-4-14-34(15-5-1)36-24-26-39(27-25-36)50-52-49(38-18-8-3-9-19-38)53-51(54-50)56-46-23-13-11-21-42(46)44-33-32-43-41-20-10-12-22-45(41)55(47(43)48(44)56)40-30-28-37(29-31-40)35-16-6-2-7-17-35/h1-33H/i1D,3D,4D,5D,8D,9D,14D,15D,18D,19D,24D,25D,26D,27D. The highest BCUT2D eigenvalue weighted by Gasteiger charge is 2.23. The molecule has 0 aliphatic heterocycles. The van der Waals surface area contributed by atoms with Crippen LogP contribution in [0.3, 0.4) is 0 Å². The fourth-order valence-electron chi connectivity index (χ4n) is 7.38. The number of benzene rings is 8. The van der Waals surface area contributed by atoms with Crippen molar-refractivity contribution in [3.05, 3.63) is 200 Å². The van der Waals surface area contributed by atoms with Gasteiger partial charge in [0.15, 0.2) is 11.6 Å². The molecule has 262 valence electrons.